The van der Waals surface area contributed by atoms with Gasteiger partial charge in [0, 0.05) is 25.6 Å². The zero-order valence-corrected chi connectivity index (χ0v) is 21.5. The van der Waals surface area contributed by atoms with Crippen LogP contribution in [0.5, 0.6) is 5.75 Å². The molecule has 0 radical (unpaired) electrons. The average molecular weight is 540 g/mol. The number of carbonyl (C=O) groups is 2. The van der Waals surface area contributed by atoms with Crippen molar-refractivity contribution in [2.75, 3.05) is 25.4 Å². The zero-order valence-electron chi connectivity index (χ0n) is 21.5. The minimum absolute atomic E-state index is 0.0834. The number of aliphatic hydroxyl groups excluding tert-OH is 2. The lowest BCUT2D eigenvalue weighted by Crippen LogP contribution is -2.46. The average Bonchev–Trinajstić information content (AvgIpc) is 3.66. The highest BCUT2D eigenvalue weighted by atomic mass is 16.6. The number of anilines is 1. The Bertz CT molecular complexity index is 1290. The van der Waals surface area contributed by atoms with E-state index in [2.05, 4.69) is 20.3 Å². The Morgan fingerprint density at radius 3 is 2.56 bits per heavy atom. The van der Waals surface area contributed by atoms with Gasteiger partial charge in [0.2, 0.25) is 0 Å². The summed E-state index contributed by atoms with van der Waals surface area (Å²) in [6.45, 7) is 0.387. The monoisotopic (exact) mass is 539 g/mol. The van der Waals surface area contributed by atoms with Crippen molar-refractivity contribution in [2.24, 2.45) is 5.92 Å². The van der Waals surface area contributed by atoms with Gasteiger partial charge >= 0.3 is 6.09 Å². The Labute approximate surface area is 224 Å². The van der Waals surface area contributed by atoms with E-state index in [1.54, 1.807) is 21.6 Å². The first kappa shape index (κ1) is 26.8. The van der Waals surface area contributed by atoms with Crippen molar-refractivity contribution in [3.05, 3.63) is 42.5 Å². The van der Waals surface area contributed by atoms with E-state index in [1.165, 1.54) is 6.33 Å². The maximum atomic E-state index is 12.5. The summed E-state index contributed by atoms with van der Waals surface area (Å²) in [5, 5.41) is 22.3. The molecule has 1 aliphatic carbocycles. The zero-order chi connectivity index (χ0) is 27.4. The van der Waals surface area contributed by atoms with Crippen molar-refractivity contribution in [3.8, 4) is 5.75 Å². The van der Waals surface area contributed by atoms with E-state index in [1.807, 2.05) is 18.2 Å². The molecular formula is C26H33N7O6. The van der Waals surface area contributed by atoms with Crippen LogP contribution in [0.2, 0.25) is 0 Å². The van der Waals surface area contributed by atoms with Crippen LogP contribution in [0.1, 0.15) is 31.5 Å². The number of fused-ring (bicyclic) bond motifs is 1. The minimum atomic E-state index is -1.37. The number of amides is 2. The summed E-state index contributed by atoms with van der Waals surface area (Å²) in [5.41, 5.74) is 7.02. The topological polar surface area (TPSA) is 178 Å². The molecular weight excluding hydrogens is 506 g/mol. The number of imidazole rings is 1. The maximum absolute atomic E-state index is 12.5. The molecule has 1 aromatic carbocycles. The molecule has 39 heavy (non-hydrogen) atoms. The second-order valence-corrected chi connectivity index (χ2v) is 9.98. The van der Waals surface area contributed by atoms with Crippen LogP contribution in [0, 0.1) is 5.92 Å². The van der Waals surface area contributed by atoms with Gasteiger partial charge in [-0.15, -0.1) is 0 Å². The molecule has 3 aromatic rings. The van der Waals surface area contributed by atoms with Crippen LogP contribution >= 0.6 is 0 Å². The van der Waals surface area contributed by atoms with Crippen molar-refractivity contribution in [1.82, 2.24) is 29.7 Å². The largest absolute Gasteiger partial charge is 0.415 e. The molecule has 2 fully saturated rings. The summed E-state index contributed by atoms with van der Waals surface area (Å²) in [7, 11) is 0. The van der Waals surface area contributed by atoms with Gasteiger partial charge in [-0.25, -0.2) is 19.7 Å². The molecule has 13 nitrogen and oxygen atoms in total. The summed E-state index contributed by atoms with van der Waals surface area (Å²) in [6.07, 6.45) is 2.39. The number of hydrogen-bond acceptors (Lipinski definition) is 10. The standard InChI is InChI=1S/C26H33N7O6/c27-23-21-24(33(14-28-21)15-38-22(19(35)13-34)25(36)29-17-6-7-17)31-20(30-23)12-16-8-10-32(11-9-16)26(37)39-18-4-2-1-3-5-18/h1-5,14,16-17,19,22,34-35H,6-13,15H2,(H,29,36)(H2,27,30,31)/t19?,22-/m0/s1. The van der Waals surface area contributed by atoms with Crippen molar-refractivity contribution >= 4 is 29.0 Å². The van der Waals surface area contributed by atoms with Gasteiger partial charge in [-0.05, 0) is 43.7 Å². The number of nitrogens with zero attached hydrogens (tertiary/aromatic N) is 5. The molecule has 2 atom stereocenters. The fourth-order valence-corrected chi connectivity index (χ4v) is 4.56. The molecule has 2 aliphatic rings. The third-order valence-corrected chi connectivity index (χ3v) is 6.94. The van der Waals surface area contributed by atoms with Gasteiger partial charge < -0.3 is 35.6 Å². The van der Waals surface area contributed by atoms with Crippen molar-refractivity contribution in [2.45, 2.75) is 57.1 Å². The number of benzene rings is 1. The molecule has 5 N–H and O–H groups in total. The number of ether oxygens (including phenoxy) is 2. The normalized spacial score (nSPS) is 17.6. The number of nitrogens with one attached hydrogen (secondary N) is 1. The van der Waals surface area contributed by atoms with Crippen molar-refractivity contribution < 1.29 is 29.3 Å². The van der Waals surface area contributed by atoms with Crippen molar-refractivity contribution in [3.63, 3.8) is 0 Å². The predicted octanol–water partition coefficient (Wildman–Crippen LogP) is 0.836. The Balaban J connectivity index is 1.20. The highest BCUT2D eigenvalue weighted by Crippen LogP contribution is 2.24. The van der Waals surface area contributed by atoms with E-state index in [4.69, 9.17) is 15.2 Å². The quantitative estimate of drug-likeness (QED) is 0.288. The van der Waals surface area contributed by atoms with Crippen LogP contribution < -0.4 is 15.8 Å². The van der Waals surface area contributed by atoms with Gasteiger partial charge in [-0.2, -0.15) is 0 Å². The number of rotatable bonds is 10. The lowest BCUT2D eigenvalue weighted by atomic mass is 9.93. The molecule has 1 saturated carbocycles. The predicted molar refractivity (Wildman–Crippen MR) is 139 cm³/mol. The molecule has 208 valence electrons. The molecule has 2 aromatic heterocycles. The smallest absolute Gasteiger partial charge is 0.410 e. The number of nitrogen functional groups attached to an aromatic ring is 1. The van der Waals surface area contributed by atoms with E-state index in [0.29, 0.717) is 42.2 Å². The molecule has 1 aliphatic heterocycles. The molecule has 13 heteroatoms. The van der Waals surface area contributed by atoms with Gasteiger partial charge in [-0.3, -0.25) is 9.36 Å². The summed E-state index contributed by atoms with van der Waals surface area (Å²) >= 11 is 0. The lowest BCUT2D eigenvalue weighted by Gasteiger charge is -2.31. The van der Waals surface area contributed by atoms with Crippen LogP contribution in [0.4, 0.5) is 10.6 Å². The Morgan fingerprint density at radius 1 is 1.13 bits per heavy atom. The fourth-order valence-electron chi connectivity index (χ4n) is 4.56. The van der Waals surface area contributed by atoms with Gasteiger partial charge in [0.1, 0.15) is 29.9 Å². The second-order valence-electron chi connectivity index (χ2n) is 9.98. The summed E-state index contributed by atoms with van der Waals surface area (Å²) in [4.78, 5) is 40.0. The van der Waals surface area contributed by atoms with E-state index >= 15 is 0 Å². The van der Waals surface area contributed by atoms with E-state index < -0.39 is 24.7 Å². The highest BCUT2D eigenvalue weighted by Gasteiger charge is 2.32. The summed E-state index contributed by atoms with van der Waals surface area (Å²) in [6, 6.07) is 9.07. The fraction of sp³-hybridized carbons (Fsp3) is 0.500. The van der Waals surface area contributed by atoms with Crippen LogP contribution in [-0.4, -0.2) is 84.6 Å². The number of hydrogen-bond donors (Lipinski definition) is 4. The number of carbonyl (C=O) groups excluding carboxylic acids is 2. The van der Waals surface area contributed by atoms with Crippen LogP contribution in [-0.2, 0) is 22.7 Å². The SMILES string of the molecule is Nc1nc(CC2CCN(C(=O)Oc3ccccc3)CC2)nc2c1ncn2CO[C@H](C(=O)NC1CC1)C(O)CO. The summed E-state index contributed by atoms with van der Waals surface area (Å²) < 4.78 is 12.7. The van der Waals surface area contributed by atoms with E-state index in [9.17, 15) is 19.8 Å². The Kier molecular flexibility index (Phi) is 8.19. The minimum Gasteiger partial charge on any atom is -0.410 e. The number of para-hydroxylation sites is 1. The molecule has 0 spiro atoms. The van der Waals surface area contributed by atoms with Gasteiger partial charge in [0.15, 0.2) is 17.6 Å². The van der Waals surface area contributed by atoms with E-state index in [0.717, 1.165) is 25.7 Å². The first-order chi connectivity index (χ1) is 18.9. The third-order valence-electron chi connectivity index (χ3n) is 6.94. The number of piperidine rings is 1. The van der Waals surface area contributed by atoms with E-state index in [-0.39, 0.29) is 30.6 Å². The number of nitrogens with two attached hydrogens (primary N) is 1. The molecule has 1 saturated heterocycles. The first-order valence-corrected chi connectivity index (χ1v) is 13.1. The second kappa shape index (κ2) is 11.9. The third kappa shape index (κ3) is 6.61. The van der Waals surface area contributed by atoms with Crippen LogP contribution in [0.25, 0.3) is 11.2 Å². The van der Waals surface area contributed by atoms with Crippen LogP contribution in [0.3, 0.4) is 0 Å². The molecule has 0 bridgehead atoms. The first-order valence-electron chi connectivity index (χ1n) is 13.1. The molecule has 1 unspecified atom stereocenters. The molecule has 5 rings (SSSR count). The molecule has 2 amide bonds. The Morgan fingerprint density at radius 2 is 1.87 bits per heavy atom. The number of aliphatic hydroxyl groups is 2. The number of likely N-dealkylation sites (tertiary alicyclic amines) is 1. The maximum Gasteiger partial charge on any atom is 0.415 e. The Hall–Kier alpha value is -3.81. The lowest BCUT2D eigenvalue weighted by molar-refractivity contribution is -0.147. The van der Waals surface area contributed by atoms with Crippen LogP contribution in [0.15, 0.2) is 36.7 Å². The summed E-state index contributed by atoms with van der Waals surface area (Å²) in [5.74, 6) is 1.08. The van der Waals surface area contributed by atoms with Crippen molar-refractivity contribution in [1.29, 1.82) is 0 Å². The van der Waals surface area contributed by atoms with Gasteiger partial charge in [0.05, 0.1) is 12.9 Å². The number of aromatic nitrogens is 4. The van der Waals surface area contributed by atoms with Gasteiger partial charge in [0.25, 0.3) is 5.91 Å². The molecule has 3 heterocycles. The van der Waals surface area contributed by atoms with Gasteiger partial charge in [-0.1, -0.05) is 18.2 Å². The highest BCUT2D eigenvalue weighted by molar-refractivity contribution is 5.82.